The number of carbonyl (C=O) groups is 1. The normalized spacial score (nSPS) is 16.5. The van der Waals surface area contributed by atoms with Crippen molar-refractivity contribution < 1.29 is 9.53 Å². The maximum absolute atomic E-state index is 11.0. The molecule has 3 heteroatoms. The van der Waals surface area contributed by atoms with E-state index in [1.54, 1.807) is 0 Å². The molecule has 0 saturated carbocycles. The fourth-order valence-corrected chi connectivity index (χ4v) is 1.51. The molecule has 1 rings (SSSR count). The standard InChI is InChI=1S/C9H17NO2.C3H8/c1-2-12-9(11)8-10-6-4-3-5-7-10;1-3-2/h2-8H2,1H3;3H2,1-2H3. The molecule has 0 radical (unpaired) electrons. The molecule has 0 atom stereocenters. The van der Waals surface area contributed by atoms with Crippen LogP contribution >= 0.6 is 0 Å². The molecular weight excluding hydrogens is 190 g/mol. The van der Waals surface area contributed by atoms with E-state index < -0.39 is 0 Å². The maximum atomic E-state index is 11.0. The van der Waals surface area contributed by atoms with Gasteiger partial charge in [-0.3, -0.25) is 9.69 Å². The highest BCUT2D eigenvalue weighted by atomic mass is 16.5. The number of nitrogens with zero attached hydrogens (tertiary/aromatic N) is 1. The summed E-state index contributed by atoms with van der Waals surface area (Å²) < 4.78 is 4.86. The molecule has 0 aromatic carbocycles. The first-order valence-electron chi connectivity index (χ1n) is 6.12. The predicted octanol–water partition coefficient (Wildman–Crippen LogP) is 2.45. The molecule has 90 valence electrons. The van der Waals surface area contributed by atoms with Gasteiger partial charge in [0, 0.05) is 0 Å². The van der Waals surface area contributed by atoms with Gasteiger partial charge in [0.05, 0.1) is 13.2 Å². The number of piperidine rings is 1. The van der Waals surface area contributed by atoms with Crippen molar-refractivity contribution in [3.8, 4) is 0 Å². The van der Waals surface area contributed by atoms with Crippen LogP contribution in [0, 0.1) is 0 Å². The van der Waals surface area contributed by atoms with Crippen LogP contribution in [0.5, 0.6) is 0 Å². The molecule has 15 heavy (non-hydrogen) atoms. The number of esters is 1. The van der Waals surface area contributed by atoms with Crippen LogP contribution in [0.25, 0.3) is 0 Å². The summed E-state index contributed by atoms with van der Waals surface area (Å²) in [5, 5.41) is 0. The fourth-order valence-electron chi connectivity index (χ4n) is 1.51. The molecule has 1 heterocycles. The first-order chi connectivity index (χ1) is 7.24. The largest absolute Gasteiger partial charge is 0.465 e. The minimum Gasteiger partial charge on any atom is -0.465 e. The summed E-state index contributed by atoms with van der Waals surface area (Å²) in [5.74, 6) is -0.0839. The van der Waals surface area contributed by atoms with Gasteiger partial charge in [-0.1, -0.05) is 26.7 Å². The third kappa shape index (κ3) is 8.43. The summed E-state index contributed by atoms with van der Waals surface area (Å²) in [6, 6.07) is 0. The molecule has 1 aliphatic rings. The summed E-state index contributed by atoms with van der Waals surface area (Å²) in [7, 11) is 0. The van der Waals surface area contributed by atoms with Gasteiger partial charge in [0.2, 0.25) is 0 Å². The third-order valence-corrected chi connectivity index (χ3v) is 2.11. The first kappa shape index (κ1) is 14.4. The monoisotopic (exact) mass is 215 g/mol. The highest BCUT2D eigenvalue weighted by Gasteiger charge is 2.13. The summed E-state index contributed by atoms with van der Waals surface area (Å²) in [6.45, 7) is 9.17. The SMILES string of the molecule is CCC.CCOC(=O)CN1CCCCC1. The predicted molar refractivity (Wildman–Crippen MR) is 62.9 cm³/mol. The average Bonchev–Trinajstić information content (AvgIpc) is 2.20. The van der Waals surface area contributed by atoms with Gasteiger partial charge >= 0.3 is 5.97 Å². The van der Waals surface area contributed by atoms with E-state index in [9.17, 15) is 4.79 Å². The number of ether oxygens (including phenoxy) is 1. The van der Waals surface area contributed by atoms with Crippen LogP contribution in [0.4, 0.5) is 0 Å². The second kappa shape index (κ2) is 9.97. The van der Waals surface area contributed by atoms with Gasteiger partial charge in [-0.25, -0.2) is 0 Å². The van der Waals surface area contributed by atoms with Gasteiger partial charge in [-0.2, -0.15) is 0 Å². The van der Waals surface area contributed by atoms with Crippen molar-refractivity contribution >= 4 is 5.97 Å². The number of likely N-dealkylation sites (tertiary alicyclic amines) is 1. The van der Waals surface area contributed by atoms with Crippen molar-refractivity contribution in [3.05, 3.63) is 0 Å². The zero-order valence-electron chi connectivity index (χ0n) is 10.4. The van der Waals surface area contributed by atoms with Crippen LogP contribution < -0.4 is 0 Å². The Morgan fingerprint density at radius 1 is 1.13 bits per heavy atom. The lowest BCUT2D eigenvalue weighted by Gasteiger charge is -2.24. The van der Waals surface area contributed by atoms with E-state index in [1.807, 2.05) is 6.92 Å². The van der Waals surface area contributed by atoms with Crippen LogP contribution in [0.1, 0.15) is 46.5 Å². The summed E-state index contributed by atoms with van der Waals surface area (Å²) in [5.41, 5.74) is 0. The summed E-state index contributed by atoms with van der Waals surface area (Å²) in [6.07, 6.45) is 5.00. The van der Waals surface area contributed by atoms with Gasteiger partial charge in [-0.15, -0.1) is 0 Å². The van der Waals surface area contributed by atoms with Crippen molar-refractivity contribution in [2.24, 2.45) is 0 Å². The van der Waals surface area contributed by atoms with Crippen molar-refractivity contribution in [2.45, 2.75) is 46.5 Å². The Bertz CT molecular complexity index is 154. The van der Waals surface area contributed by atoms with Crippen molar-refractivity contribution in [1.82, 2.24) is 4.90 Å². The van der Waals surface area contributed by atoms with Crippen LogP contribution in [0.15, 0.2) is 0 Å². The van der Waals surface area contributed by atoms with Crippen molar-refractivity contribution in [2.75, 3.05) is 26.2 Å². The molecule has 0 amide bonds. The highest BCUT2D eigenvalue weighted by Crippen LogP contribution is 2.07. The summed E-state index contributed by atoms with van der Waals surface area (Å²) in [4.78, 5) is 13.2. The molecule has 0 unspecified atom stereocenters. The second-order valence-corrected chi connectivity index (χ2v) is 3.85. The van der Waals surface area contributed by atoms with Crippen molar-refractivity contribution in [3.63, 3.8) is 0 Å². The van der Waals surface area contributed by atoms with Gasteiger partial charge in [0.15, 0.2) is 0 Å². The molecule has 0 N–H and O–H groups in total. The Morgan fingerprint density at radius 2 is 1.67 bits per heavy atom. The lowest BCUT2D eigenvalue weighted by Crippen LogP contribution is -2.35. The van der Waals surface area contributed by atoms with Crippen molar-refractivity contribution in [1.29, 1.82) is 0 Å². The Balaban J connectivity index is 0.000000583. The Labute approximate surface area is 93.8 Å². The van der Waals surface area contributed by atoms with Gasteiger partial charge < -0.3 is 4.74 Å². The molecule has 0 spiro atoms. The Kier molecular flexibility index (Phi) is 9.59. The van der Waals surface area contributed by atoms with Crippen LogP contribution in [0.3, 0.4) is 0 Å². The molecular formula is C12H25NO2. The van der Waals surface area contributed by atoms with Gasteiger partial charge in [0.25, 0.3) is 0 Å². The molecule has 0 aromatic heterocycles. The first-order valence-corrected chi connectivity index (χ1v) is 6.12. The highest BCUT2D eigenvalue weighted by molar-refractivity contribution is 5.71. The van der Waals surface area contributed by atoms with Crippen LogP contribution in [-0.2, 0) is 9.53 Å². The number of rotatable bonds is 3. The number of carbonyl (C=O) groups excluding carboxylic acids is 1. The molecule has 0 bridgehead atoms. The molecule has 0 aromatic rings. The van der Waals surface area contributed by atoms with E-state index in [-0.39, 0.29) is 5.97 Å². The zero-order valence-corrected chi connectivity index (χ0v) is 10.4. The molecule has 1 aliphatic heterocycles. The Morgan fingerprint density at radius 3 is 2.13 bits per heavy atom. The fraction of sp³-hybridized carbons (Fsp3) is 0.917. The molecule has 0 aliphatic carbocycles. The molecule has 1 saturated heterocycles. The van der Waals surface area contributed by atoms with E-state index in [0.29, 0.717) is 13.2 Å². The van der Waals surface area contributed by atoms with E-state index in [1.165, 1.54) is 25.7 Å². The number of hydrogen-bond acceptors (Lipinski definition) is 3. The smallest absolute Gasteiger partial charge is 0.320 e. The average molecular weight is 215 g/mol. The summed E-state index contributed by atoms with van der Waals surface area (Å²) >= 11 is 0. The number of hydrogen-bond donors (Lipinski definition) is 0. The van der Waals surface area contributed by atoms with Crippen LogP contribution in [-0.4, -0.2) is 37.1 Å². The van der Waals surface area contributed by atoms with E-state index in [4.69, 9.17) is 4.74 Å². The molecule has 1 fully saturated rings. The zero-order chi connectivity index (χ0) is 11.5. The minimum atomic E-state index is -0.0839. The quantitative estimate of drug-likeness (QED) is 0.677. The Hall–Kier alpha value is -0.570. The lowest BCUT2D eigenvalue weighted by molar-refractivity contribution is -0.144. The van der Waals surface area contributed by atoms with Crippen LogP contribution in [0.2, 0.25) is 0 Å². The van der Waals surface area contributed by atoms with E-state index in [2.05, 4.69) is 18.7 Å². The van der Waals surface area contributed by atoms with E-state index in [0.717, 1.165) is 13.1 Å². The lowest BCUT2D eigenvalue weighted by atomic mass is 10.1. The van der Waals surface area contributed by atoms with E-state index >= 15 is 0 Å². The second-order valence-electron chi connectivity index (χ2n) is 3.85. The van der Waals surface area contributed by atoms with Gasteiger partial charge in [0.1, 0.15) is 0 Å². The molecule has 3 nitrogen and oxygen atoms in total. The van der Waals surface area contributed by atoms with Gasteiger partial charge in [-0.05, 0) is 32.9 Å². The minimum absolute atomic E-state index is 0.0839. The maximum Gasteiger partial charge on any atom is 0.320 e. The topological polar surface area (TPSA) is 29.5 Å². The third-order valence-electron chi connectivity index (χ3n) is 2.11.